The van der Waals surface area contributed by atoms with Crippen LogP contribution in [0.1, 0.15) is 35.8 Å². The van der Waals surface area contributed by atoms with Gasteiger partial charge in [-0.2, -0.15) is 0 Å². The number of benzene rings is 2. The van der Waals surface area contributed by atoms with Gasteiger partial charge in [-0.1, -0.05) is 23.4 Å². The molecule has 0 spiro atoms. The van der Waals surface area contributed by atoms with E-state index in [0.29, 0.717) is 24.8 Å². The lowest BCUT2D eigenvalue weighted by molar-refractivity contribution is 0.0516. The largest absolute Gasteiger partial charge is 0.497 e. The molecule has 0 unspecified atom stereocenters. The molecule has 1 aromatic heterocycles. The molecule has 1 heterocycles. The second kappa shape index (κ2) is 9.51. The van der Waals surface area contributed by atoms with Gasteiger partial charge in [0.05, 0.1) is 26.9 Å². The Labute approximate surface area is 180 Å². The third kappa shape index (κ3) is 5.33. The van der Waals surface area contributed by atoms with Crippen LogP contribution in [0.5, 0.6) is 23.1 Å². The van der Waals surface area contributed by atoms with E-state index in [-0.39, 0.29) is 18.2 Å². The molecule has 0 radical (unpaired) electrons. The minimum absolute atomic E-state index is 0.0275. The molecule has 4 rings (SSSR count). The van der Waals surface area contributed by atoms with E-state index >= 15 is 0 Å². The number of carbonyl (C=O) groups is 1. The zero-order valence-corrected chi connectivity index (χ0v) is 17.6. The lowest BCUT2D eigenvalue weighted by atomic mass is 10.2. The minimum atomic E-state index is -0.584. The SMILES string of the molecule is CCOC(=O)c1nnn(Cc2ccc(OC)cc2)c1Oc1cccc(OCC2CC2)c1. The van der Waals surface area contributed by atoms with Gasteiger partial charge in [-0.25, -0.2) is 9.48 Å². The summed E-state index contributed by atoms with van der Waals surface area (Å²) in [4.78, 5) is 12.4. The second-order valence-electron chi connectivity index (χ2n) is 7.30. The zero-order chi connectivity index (χ0) is 21.6. The molecule has 3 aromatic rings. The van der Waals surface area contributed by atoms with Crippen molar-refractivity contribution in [2.45, 2.75) is 26.3 Å². The van der Waals surface area contributed by atoms with Gasteiger partial charge in [-0.05, 0) is 55.5 Å². The van der Waals surface area contributed by atoms with Crippen molar-refractivity contribution in [1.82, 2.24) is 15.0 Å². The van der Waals surface area contributed by atoms with Gasteiger partial charge < -0.3 is 18.9 Å². The van der Waals surface area contributed by atoms with E-state index in [1.807, 2.05) is 36.4 Å². The van der Waals surface area contributed by atoms with E-state index < -0.39 is 5.97 Å². The monoisotopic (exact) mass is 423 g/mol. The van der Waals surface area contributed by atoms with E-state index in [0.717, 1.165) is 17.1 Å². The van der Waals surface area contributed by atoms with Crippen molar-refractivity contribution >= 4 is 5.97 Å². The maximum atomic E-state index is 12.4. The summed E-state index contributed by atoms with van der Waals surface area (Å²) in [5.41, 5.74) is 0.979. The molecule has 0 bridgehead atoms. The van der Waals surface area contributed by atoms with Crippen molar-refractivity contribution in [2.24, 2.45) is 5.92 Å². The summed E-state index contributed by atoms with van der Waals surface area (Å²) in [5.74, 6) is 2.28. The van der Waals surface area contributed by atoms with E-state index in [9.17, 15) is 4.79 Å². The van der Waals surface area contributed by atoms with Crippen LogP contribution in [0.15, 0.2) is 48.5 Å². The first kappa shape index (κ1) is 20.7. The van der Waals surface area contributed by atoms with Crippen LogP contribution in [-0.2, 0) is 11.3 Å². The first-order chi connectivity index (χ1) is 15.2. The Kier molecular flexibility index (Phi) is 6.35. The smallest absolute Gasteiger partial charge is 0.364 e. The van der Waals surface area contributed by atoms with Crippen LogP contribution in [0.25, 0.3) is 0 Å². The number of ether oxygens (including phenoxy) is 4. The van der Waals surface area contributed by atoms with Crippen molar-refractivity contribution < 1.29 is 23.7 Å². The Morgan fingerprint density at radius 3 is 2.58 bits per heavy atom. The second-order valence-corrected chi connectivity index (χ2v) is 7.30. The van der Waals surface area contributed by atoms with Crippen LogP contribution in [0.4, 0.5) is 0 Å². The lowest BCUT2D eigenvalue weighted by Gasteiger charge is -2.11. The van der Waals surface area contributed by atoms with Gasteiger partial charge in [0.2, 0.25) is 5.69 Å². The highest BCUT2D eigenvalue weighted by Gasteiger charge is 2.24. The van der Waals surface area contributed by atoms with Crippen molar-refractivity contribution in [3.63, 3.8) is 0 Å². The summed E-state index contributed by atoms with van der Waals surface area (Å²) in [5, 5.41) is 8.13. The summed E-state index contributed by atoms with van der Waals surface area (Å²) < 4.78 is 23.7. The normalized spacial score (nSPS) is 13.0. The standard InChI is InChI=1S/C23H25N3O5/c1-3-29-23(27)21-22(26(25-24-21)14-16-9-11-18(28-2)12-10-16)31-20-6-4-5-19(13-20)30-15-17-7-8-17/h4-6,9-13,17H,3,7-8,14-15H2,1-2H3. The van der Waals surface area contributed by atoms with Crippen LogP contribution in [0.2, 0.25) is 0 Å². The summed E-state index contributed by atoms with van der Waals surface area (Å²) in [6.45, 7) is 3.03. The van der Waals surface area contributed by atoms with Crippen LogP contribution < -0.4 is 14.2 Å². The number of aromatic nitrogens is 3. The molecular formula is C23H25N3O5. The molecule has 1 saturated carbocycles. The zero-order valence-electron chi connectivity index (χ0n) is 17.6. The predicted molar refractivity (Wildman–Crippen MR) is 113 cm³/mol. The van der Waals surface area contributed by atoms with Gasteiger partial charge in [0.1, 0.15) is 17.2 Å². The Morgan fingerprint density at radius 1 is 1.10 bits per heavy atom. The summed E-state index contributed by atoms with van der Waals surface area (Å²) in [6, 6.07) is 14.9. The molecule has 8 nitrogen and oxygen atoms in total. The van der Waals surface area contributed by atoms with Gasteiger partial charge >= 0.3 is 5.97 Å². The third-order valence-electron chi connectivity index (χ3n) is 4.85. The van der Waals surface area contributed by atoms with Crippen LogP contribution in [0.3, 0.4) is 0 Å². The molecule has 0 amide bonds. The van der Waals surface area contributed by atoms with Crippen LogP contribution in [-0.4, -0.2) is 41.3 Å². The van der Waals surface area contributed by atoms with Crippen LogP contribution >= 0.6 is 0 Å². The number of hydrogen-bond acceptors (Lipinski definition) is 7. The molecular weight excluding hydrogens is 398 g/mol. The van der Waals surface area contributed by atoms with Crippen molar-refractivity contribution in [2.75, 3.05) is 20.3 Å². The third-order valence-corrected chi connectivity index (χ3v) is 4.85. The number of rotatable bonds is 10. The fraction of sp³-hybridized carbons (Fsp3) is 0.348. The number of carbonyl (C=O) groups excluding carboxylic acids is 1. The first-order valence-electron chi connectivity index (χ1n) is 10.3. The van der Waals surface area contributed by atoms with E-state index in [2.05, 4.69) is 10.3 Å². The highest BCUT2D eigenvalue weighted by molar-refractivity contribution is 5.89. The molecule has 1 fully saturated rings. The number of nitrogens with zero attached hydrogens (tertiary/aromatic N) is 3. The summed E-state index contributed by atoms with van der Waals surface area (Å²) >= 11 is 0. The van der Waals surface area contributed by atoms with Crippen molar-refractivity contribution in [3.8, 4) is 23.1 Å². The average Bonchev–Trinajstić information content (AvgIpc) is 3.54. The number of methoxy groups -OCH3 is 1. The molecule has 0 atom stereocenters. The molecule has 8 heteroatoms. The maximum Gasteiger partial charge on any atom is 0.364 e. The first-order valence-corrected chi connectivity index (χ1v) is 10.3. The molecule has 1 aliphatic carbocycles. The van der Waals surface area contributed by atoms with Gasteiger partial charge in [0.25, 0.3) is 5.88 Å². The van der Waals surface area contributed by atoms with Crippen molar-refractivity contribution in [3.05, 3.63) is 59.8 Å². The average molecular weight is 423 g/mol. The molecule has 1 aliphatic rings. The highest BCUT2D eigenvalue weighted by Crippen LogP contribution is 2.31. The molecule has 0 aliphatic heterocycles. The van der Waals surface area contributed by atoms with Gasteiger partial charge in [-0.15, -0.1) is 5.10 Å². The van der Waals surface area contributed by atoms with E-state index in [1.54, 1.807) is 26.2 Å². The van der Waals surface area contributed by atoms with Crippen LogP contribution in [0, 0.1) is 5.92 Å². The van der Waals surface area contributed by atoms with Gasteiger partial charge in [-0.3, -0.25) is 0 Å². The molecule has 0 saturated heterocycles. The van der Waals surface area contributed by atoms with E-state index in [4.69, 9.17) is 18.9 Å². The Bertz CT molecular complexity index is 1030. The lowest BCUT2D eigenvalue weighted by Crippen LogP contribution is -2.09. The molecule has 31 heavy (non-hydrogen) atoms. The minimum Gasteiger partial charge on any atom is -0.497 e. The fourth-order valence-corrected chi connectivity index (χ4v) is 2.98. The summed E-state index contributed by atoms with van der Waals surface area (Å²) in [6.07, 6.45) is 2.44. The topological polar surface area (TPSA) is 84.7 Å². The highest BCUT2D eigenvalue weighted by atomic mass is 16.5. The predicted octanol–water partition coefficient (Wildman–Crippen LogP) is 4.09. The van der Waals surface area contributed by atoms with Gasteiger partial charge in [0, 0.05) is 6.07 Å². The van der Waals surface area contributed by atoms with Crippen molar-refractivity contribution in [1.29, 1.82) is 0 Å². The molecule has 162 valence electrons. The van der Waals surface area contributed by atoms with E-state index in [1.165, 1.54) is 17.5 Å². The quantitative estimate of drug-likeness (QED) is 0.454. The Hall–Kier alpha value is -3.55. The summed E-state index contributed by atoms with van der Waals surface area (Å²) in [7, 11) is 1.62. The number of hydrogen-bond donors (Lipinski definition) is 0. The Balaban J connectivity index is 1.58. The van der Waals surface area contributed by atoms with Gasteiger partial charge in [0.15, 0.2) is 0 Å². The number of esters is 1. The molecule has 2 aromatic carbocycles. The Morgan fingerprint density at radius 2 is 1.87 bits per heavy atom. The fourth-order valence-electron chi connectivity index (χ4n) is 2.98. The maximum absolute atomic E-state index is 12.4. The molecule has 0 N–H and O–H groups in total.